The number of carbonyl (C=O) groups is 4. The van der Waals surface area contributed by atoms with Crippen LogP contribution < -0.4 is 35.1 Å². The Morgan fingerprint density at radius 1 is 0.750 bits per heavy atom. The van der Waals surface area contributed by atoms with Gasteiger partial charge < -0.3 is 39.5 Å². The predicted molar refractivity (Wildman–Crippen MR) is 257 cm³/mol. The summed E-state index contributed by atoms with van der Waals surface area (Å²) in [6.07, 6.45) is 5.88. The smallest absolute Gasteiger partial charge is 0.262 e. The monoisotopic (exact) mass is 960 g/mol. The second kappa shape index (κ2) is 21.4. The van der Waals surface area contributed by atoms with Crippen molar-refractivity contribution in [2.45, 2.75) is 63.6 Å². The summed E-state index contributed by atoms with van der Waals surface area (Å²) in [6.45, 7) is 12.4. The molecule has 3 aromatic carbocycles. The Hall–Kier alpha value is -5.50. The number of carbonyl (C=O) groups excluding carboxylic acids is 4. The molecule has 68 heavy (non-hydrogen) atoms. The van der Waals surface area contributed by atoms with Gasteiger partial charge in [-0.25, -0.2) is 12.8 Å². The van der Waals surface area contributed by atoms with Gasteiger partial charge in [-0.15, -0.1) is 0 Å². The molecule has 0 bridgehead atoms. The number of hydrogen-bond acceptors (Lipinski definition) is 15. The Morgan fingerprint density at radius 2 is 1.43 bits per heavy atom. The minimum absolute atomic E-state index is 0.210. The van der Waals surface area contributed by atoms with Crippen LogP contribution in [-0.4, -0.2) is 169 Å². The lowest BCUT2D eigenvalue weighted by atomic mass is 9.94. The maximum absolute atomic E-state index is 15.5. The van der Waals surface area contributed by atoms with E-state index in [1.807, 2.05) is 17.9 Å². The zero-order chi connectivity index (χ0) is 48.1. The van der Waals surface area contributed by atoms with Crippen molar-refractivity contribution in [3.63, 3.8) is 0 Å². The maximum atomic E-state index is 15.5. The summed E-state index contributed by atoms with van der Waals surface area (Å²) < 4.78 is 57.5. The van der Waals surface area contributed by atoms with Crippen LogP contribution in [0.5, 0.6) is 17.2 Å². The van der Waals surface area contributed by atoms with Gasteiger partial charge >= 0.3 is 0 Å². The molecule has 5 aliphatic heterocycles. The van der Waals surface area contributed by atoms with E-state index in [1.54, 1.807) is 36.4 Å². The van der Waals surface area contributed by atoms with Crippen LogP contribution in [0.25, 0.3) is 0 Å². The van der Waals surface area contributed by atoms with Gasteiger partial charge in [0, 0.05) is 95.4 Å². The number of likely N-dealkylation sites (tertiary alicyclic amines) is 2. The second-order valence-corrected chi connectivity index (χ2v) is 20.9. The van der Waals surface area contributed by atoms with Gasteiger partial charge in [0.05, 0.1) is 55.1 Å². The summed E-state index contributed by atoms with van der Waals surface area (Å²) in [5, 5.41) is 8.99. The van der Waals surface area contributed by atoms with E-state index in [1.165, 1.54) is 20.3 Å². The van der Waals surface area contributed by atoms with Crippen LogP contribution in [0, 0.1) is 11.7 Å². The van der Waals surface area contributed by atoms with Crippen LogP contribution in [0.2, 0.25) is 0 Å². The van der Waals surface area contributed by atoms with Crippen molar-refractivity contribution in [3.05, 3.63) is 71.0 Å². The first-order valence-electron chi connectivity index (χ1n) is 23.9. The highest BCUT2D eigenvalue weighted by molar-refractivity contribution is 7.90. The average Bonchev–Trinajstić information content (AvgIpc) is 3.57. The van der Waals surface area contributed by atoms with Gasteiger partial charge in [0.25, 0.3) is 11.8 Å². The maximum Gasteiger partial charge on any atom is 0.262 e. The normalized spacial score (nSPS) is 20.9. The van der Waals surface area contributed by atoms with Gasteiger partial charge in [0.1, 0.15) is 27.4 Å². The van der Waals surface area contributed by atoms with Gasteiger partial charge in [-0.3, -0.25) is 34.3 Å². The first kappa shape index (κ1) is 48.9. The van der Waals surface area contributed by atoms with E-state index in [0.29, 0.717) is 66.2 Å². The van der Waals surface area contributed by atoms with E-state index >= 15 is 4.39 Å². The standard InChI is InChI=1S/C49H65FN8O9S/c1-5-67-45-26-33(6-10-43(45)65-2)42(31-68(4,63)64)58-48(61)36-8-7-35(27-37(36)49(58)62)51-34-14-18-56(19-15-34)30-32-12-16-54(17-13-32)20-21-55-22-24-57(25-23-55)41-29-44(66-3)40(28-38(41)50)52-39-9-11-46(59)53-47(39)60/h6-8,10,26-29,32,34,39,42,51-52H,5,9,11-25,30-31H2,1-4H3,(H,53,59,60)/t39?,42-/m1/s1. The molecule has 0 aromatic heterocycles. The van der Waals surface area contributed by atoms with Crippen molar-refractivity contribution in [2.24, 2.45) is 5.92 Å². The van der Waals surface area contributed by atoms with E-state index in [9.17, 15) is 27.6 Å². The summed E-state index contributed by atoms with van der Waals surface area (Å²) in [5.41, 5.74) is 2.58. The van der Waals surface area contributed by atoms with Gasteiger partial charge in [-0.1, -0.05) is 6.07 Å². The van der Waals surface area contributed by atoms with Gasteiger partial charge in [0.2, 0.25) is 11.8 Å². The molecule has 8 rings (SSSR count). The summed E-state index contributed by atoms with van der Waals surface area (Å²) in [6, 6.07) is 11.7. The summed E-state index contributed by atoms with van der Waals surface area (Å²) >= 11 is 0. The number of piperidine rings is 3. The largest absolute Gasteiger partial charge is 0.495 e. The number of rotatable bonds is 18. The van der Waals surface area contributed by atoms with Crippen molar-refractivity contribution < 1.29 is 46.2 Å². The molecule has 0 radical (unpaired) electrons. The van der Waals surface area contributed by atoms with Crippen molar-refractivity contribution in [1.29, 1.82) is 0 Å². The third-order valence-electron chi connectivity index (χ3n) is 14.0. The molecule has 1 unspecified atom stereocenters. The number of halogens is 1. The van der Waals surface area contributed by atoms with E-state index in [-0.39, 0.29) is 35.3 Å². The Morgan fingerprint density at radius 3 is 2.09 bits per heavy atom. The topological polar surface area (TPSA) is 182 Å². The van der Waals surface area contributed by atoms with E-state index in [2.05, 4.69) is 30.7 Å². The highest BCUT2D eigenvalue weighted by Gasteiger charge is 2.42. The van der Waals surface area contributed by atoms with Crippen LogP contribution in [0.4, 0.5) is 21.5 Å². The lowest BCUT2D eigenvalue weighted by Gasteiger charge is -2.39. The van der Waals surface area contributed by atoms with Crippen molar-refractivity contribution in [3.8, 4) is 17.2 Å². The van der Waals surface area contributed by atoms with Crippen molar-refractivity contribution in [1.82, 2.24) is 24.9 Å². The van der Waals surface area contributed by atoms with Gasteiger partial charge in [0.15, 0.2) is 11.5 Å². The average molecular weight is 961 g/mol. The van der Waals surface area contributed by atoms with Crippen molar-refractivity contribution >= 4 is 50.5 Å². The number of fused-ring (bicyclic) bond motifs is 1. The molecule has 17 nitrogen and oxygen atoms in total. The third-order valence-corrected chi connectivity index (χ3v) is 14.9. The zero-order valence-corrected chi connectivity index (χ0v) is 40.4. The Balaban J connectivity index is 0.758. The molecular weight excluding hydrogens is 896 g/mol. The van der Waals surface area contributed by atoms with E-state index in [4.69, 9.17) is 14.2 Å². The molecule has 4 amide bonds. The lowest BCUT2D eigenvalue weighted by molar-refractivity contribution is -0.133. The number of methoxy groups -OCH3 is 2. The van der Waals surface area contributed by atoms with Crippen LogP contribution in [0.15, 0.2) is 48.5 Å². The number of nitrogens with one attached hydrogen (secondary N) is 3. The summed E-state index contributed by atoms with van der Waals surface area (Å²) in [4.78, 5) is 62.3. The third kappa shape index (κ3) is 11.5. The molecule has 2 atom stereocenters. The lowest BCUT2D eigenvalue weighted by Crippen LogP contribution is -2.49. The van der Waals surface area contributed by atoms with Crippen LogP contribution >= 0.6 is 0 Å². The fourth-order valence-corrected chi connectivity index (χ4v) is 11.2. The summed E-state index contributed by atoms with van der Waals surface area (Å²) in [5.74, 6) is -0.652. The molecule has 0 spiro atoms. The Labute approximate surface area is 398 Å². The minimum atomic E-state index is -3.61. The summed E-state index contributed by atoms with van der Waals surface area (Å²) in [7, 11) is -0.585. The molecule has 4 saturated heterocycles. The number of benzene rings is 3. The van der Waals surface area contributed by atoms with Crippen LogP contribution in [-0.2, 0) is 19.4 Å². The molecule has 3 aromatic rings. The number of piperazine rings is 1. The number of nitrogens with zero attached hydrogens (tertiary/aromatic N) is 5. The number of amides is 4. The van der Waals surface area contributed by atoms with E-state index < -0.39 is 45.4 Å². The fraction of sp³-hybridized carbons (Fsp3) is 0.551. The number of anilines is 3. The molecule has 4 fully saturated rings. The molecule has 0 saturated carbocycles. The Kier molecular flexibility index (Phi) is 15.4. The molecule has 19 heteroatoms. The zero-order valence-electron chi connectivity index (χ0n) is 39.6. The molecule has 5 aliphatic rings. The molecule has 5 heterocycles. The first-order valence-corrected chi connectivity index (χ1v) is 25.9. The second-order valence-electron chi connectivity index (χ2n) is 18.7. The quantitative estimate of drug-likeness (QED) is 0.154. The van der Waals surface area contributed by atoms with Gasteiger partial charge in [-0.05, 0) is 93.9 Å². The molecule has 0 aliphatic carbocycles. The first-order chi connectivity index (χ1) is 32.7. The van der Waals surface area contributed by atoms with Crippen molar-refractivity contribution in [2.75, 3.05) is 120 Å². The highest BCUT2D eigenvalue weighted by Crippen LogP contribution is 2.38. The van der Waals surface area contributed by atoms with Gasteiger partial charge in [-0.2, -0.15) is 0 Å². The SMILES string of the molecule is CCOc1cc([C@@H](CS(C)(=O)=O)N2C(=O)c3ccc(NC4CCN(CC5CCN(CCN6CCN(c7cc(OC)c(NC8CCC(=O)NC8=O)cc7F)CC6)CC5)CC4)cc3C2=O)ccc1OC. The minimum Gasteiger partial charge on any atom is -0.495 e. The number of imide groups is 2. The number of hydrogen-bond donors (Lipinski definition) is 3. The number of ether oxygens (including phenoxy) is 3. The molecule has 3 N–H and O–H groups in total. The fourth-order valence-electron chi connectivity index (χ4n) is 10.2. The Bertz CT molecular complexity index is 2450. The highest BCUT2D eigenvalue weighted by atomic mass is 32.2. The predicted octanol–water partition coefficient (Wildman–Crippen LogP) is 4.25. The molecule has 368 valence electrons. The number of sulfone groups is 1. The van der Waals surface area contributed by atoms with Crippen LogP contribution in [0.1, 0.15) is 77.8 Å². The van der Waals surface area contributed by atoms with E-state index in [0.717, 1.165) is 101 Å². The molecular formula is C49H65FN8O9S. The van der Waals surface area contributed by atoms with Crippen LogP contribution in [0.3, 0.4) is 0 Å².